The summed E-state index contributed by atoms with van der Waals surface area (Å²) in [6, 6.07) is 10.7. The van der Waals surface area contributed by atoms with Crippen molar-refractivity contribution in [2.24, 2.45) is 5.92 Å². The summed E-state index contributed by atoms with van der Waals surface area (Å²) in [5.41, 5.74) is 2.04. The van der Waals surface area contributed by atoms with Gasteiger partial charge < -0.3 is 4.42 Å². The average Bonchev–Trinajstić information content (AvgIpc) is 3.19. The van der Waals surface area contributed by atoms with Crippen LogP contribution in [0.15, 0.2) is 41.0 Å². The van der Waals surface area contributed by atoms with Gasteiger partial charge in [0.2, 0.25) is 5.89 Å². The van der Waals surface area contributed by atoms with Gasteiger partial charge in [-0.3, -0.25) is 4.90 Å². The second kappa shape index (κ2) is 5.17. The lowest BCUT2D eigenvalue weighted by molar-refractivity contribution is 0.224. The summed E-state index contributed by atoms with van der Waals surface area (Å²) in [6.07, 6.45) is 4.53. The lowest BCUT2D eigenvalue weighted by atomic mass is 10.2. The fourth-order valence-electron chi connectivity index (χ4n) is 2.43. The van der Waals surface area contributed by atoms with Crippen molar-refractivity contribution in [3.63, 3.8) is 0 Å². The molecule has 0 N–H and O–H groups in total. The van der Waals surface area contributed by atoms with Crippen LogP contribution in [0.2, 0.25) is 0 Å². The Kier molecular flexibility index (Phi) is 3.38. The maximum atomic E-state index is 5.57. The van der Waals surface area contributed by atoms with Crippen LogP contribution in [0.1, 0.15) is 25.5 Å². The molecule has 1 heterocycles. The van der Waals surface area contributed by atoms with Crippen molar-refractivity contribution >= 4 is 0 Å². The molecular weight excluding hydrogens is 236 g/mol. The van der Waals surface area contributed by atoms with E-state index in [9.17, 15) is 0 Å². The Bertz CT molecular complexity index is 531. The molecule has 1 saturated carbocycles. The Morgan fingerprint density at radius 2 is 2.05 bits per heavy atom. The van der Waals surface area contributed by atoms with Crippen LogP contribution in [-0.4, -0.2) is 23.0 Å². The monoisotopic (exact) mass is 256 g/mol. The van der Waals surface area contributed by atoms with Gasteiger partial charge in [0, 0.05) is 18.2 Å². The normalized spacial score (nSPS) is 16.8. The van der Waals surface area contributed by atoms with Gasteiger partial charge >= 0.3 is 0 Å². The lowest BCUT2D eigenvalue weighted by Crippen LogP contribution is -2.30. The SMILES string of the molecule is CC(C1CC1)N(C)Cc1coc(-c2ccccc2)n1. The van der Waals surface area contributed by atoms with E-state index in [0.717, 1.165) is 23.7 Å². The van der Waals surface area contributed by atoms with Gasteiger partial charge in [-0.25, -0.2) is 4.98 Å². The number of oxazole rings is 1. The molecule has 1 atom stereocenters. The number of rotatable bonds is 5. The van der Waals surface area contributed by atoms with Gasteiger partial charge in [0.1, 0.15) is 6.26 Å². The molecule has 0 aliphatic heterocycles. The summed E-state index contributed by atoms with van der Waals surface area (Å²) in [5.74, 6) is 1.59. The Morgan fingerprint density at radius 1 is 1.32 bits per heavy atom. The summed E-state index contributed by atoms with van der Waals surface area (Å²) in [5, 5.41) is 0. The van der Waals surface area contributed by atoms with Crippen LogP contribution in [0, 0.1) is 5.92 Å². The van der Waals surface area contributed by atoms with Gasteiger partial charge in [-0.2, -0.15) is 0 Å². The first kappa shape index (κ1) is 12.4. The van der Waals surface area contributed by atoms with Gasteiger partial charge in [0.05, 0.1) is 5.69 Å². The zero-order chi connectivity index (χ0) is 13.2. The molecule has 0 amide bonds. The molecule has 1 fully saturated rings. The fourth-order valence-corrected chi connectivity index (χ4v) is 2.43. The standard InChI is InChI=1S/C16H20N2O/c1-12(13-8-9-13)18(2)10-15-11-19-16(17-15)14-6-4-3-5-7-14/h3-7,11-13H,8-10H2,1-2H3. The van der Waals surface area contributed by atoms with Crippen molar-refractivity contribution in [3.05, 3.63) is 42.3 Å². The van der Waals surface area contributed by atoms with Crippen LogP contribution in [0.4, 0.5) is 0 Å². The molecule has 0 bridgehead atoms. The van der Waals surface area contributed by atoms with E-state index in [1.165, 1.54) is 12.8 Å². The minimum Gasteiger partial charge on any atom is -0.444 e. The largest absolute Gasteiger partial charge is 0.444 e. The Labute approximate surface area is 114 Å². The third-order valence-corrected chi connectivity index (χ3v) is 3.98. The van der Waals surface area contributed by atoms with E-state index in [2.05, 4.69) is 23.9 Å². The van der Waals surface area contributed by atoms with Crippen molar-refractivity contribution < 1.29 is 4.42 Å². The highest BCUT2D eigenvalue weighted by atomic mass is 16.3. The molecule has 1 aliphatic rings. The van der Waals surface area contributed by atoms with Crippen LogP contribution in [-0.2, 0) is 6.54 Å². The topological polar surface area (TPSA) is 29.3 Å². The lowest BCUT2D eigenvalue weighted by Gasteiger charge is -2.23. The fraction of sp³-hybridized carbons (Fsp3) is 0.438. The summed E-state index contributed by atoms with van der Waals surface area (Å²) >= 11 is 0. The molecule has 2 aromatic rings. The first-order chi connectivity index (χ1) is 9.24. The number of benzene rings is 1. The summed E-state index contributed by atoms with van der Waals surface area (Å²) in [4.78, 5) is 6.94. The number of hydrogen-bond donors (Lipinski definition) is 0. The summed E-state index contributed by atoms with van der Waals surface area (Å²) in [6.45, 7) is 3.16. The Balaban J connectivity index is 1.68. The molecule has 0 radical (unpaired) electrons. The maximum absolute atomic E-state index is 5.57. The molecule has 3 heteroatoms. The predicted octanol–water partition coefficient (Wildman–Crippen LogP) is 3.57. The van der Waals surface area contributed by atoms with Crippen LogP contribution in [0.25, 0.3) is 11.5 Å². The molecule has 3 nitrogen and oxygen atoms in total. The number of aromatic nitrogens is 1. The highest BCUT2D eigenvalue weighted by Crippen LogP contribution is 2.35. The minimum absolute atomic E-state index is 0.636. The third-order valence-electron chi connectivity index (χ3n) is 3.98. The van der Waals surface area contributed by atoms with Crippen molar-refractivity contribution in [2.45, 2.75) is 32.4 Å². The molecule has 19 heavy (non-hydrogen) atoms. The van der Waals surface area contributed by atoms with E-state index in [4.69, 9.17) is 4.42 Å². The second-order valence-electron chi connectivity index (χ2n) is 5.50. The first-order valence-electron chi connectivity index (χ1n) is 6.94. The van der Waals surface area contributed by atoms with Gasteiger partial charge in [-0.15, -0.1) is 0 Å². The third kappa shape index (κ3) is 2.87. The van der Waals surface area contributed by atoms with Crippen molar-refractivity contribution in [2.75, 3.05) is 7.05 Å². The van der Waals surface area contributed by atoms with E-state index in [-0.39, 0.29) is 0 Å². The molecule has 1 aromatic heterocycles. The van der Waals surface area contributed by atoms with E-state index < -0.39 is 0 Å². The van der Waals surface area contributed by atoms with Crippen molar-refractivity contribution in [3.8, 4) is 11.5 Å². The van der Waals surface area contributed by atoms with Gasteiger partial charge in [-0.05, 0) is 44.9 Å². The smallest absolute Gasteiger partial charge is 0.226 e. The number of hydrogen-bond acceptors (Lipinski definition) is 3. The Morgan fingerprint density at radius 3 is 2.74 bits per heavy atom. The maximum Gasteiger partial charge on any atom is 0.226 e. The molecule has 1 aromatic carbocycles. The molecule has 0 saturated heterocycles. The average molecular weight is 256 g/mol. The first-order valence-corrected chi connectivity index (χ1v) is 6.94. The summed E-state index contributed by atoms with van der Waals surface area (Å²) < 4.78 is 5.57. The highest BCUT2D eigenvalue weighted by Gasteiger charge is 2.30. The van der Waals surface area contributed by atoms with E-state index in [0.29, 0.717) is 11.9 Å². The molecule has 1 aliphatic carbocycles. The molecule has 1 unspecified atom stereocenters. The molecule has 0 spiro atoms. The van der Waals surface area contributed by atoms with Gasteiger partial charge in [-0.1, -0.05) is 18.2 Å². The van der Waals surface area contributed by atoms with E-state index >= 15 is 0 Å². The minimum atomic E-state index is 0.636. The van der Waals surface area contributed by atoms with Crippen molar-refractivity contribution in [1.29, 1.82) is 0 Å². The predicted molar refractivity (Wildman–Crippen MR) is 75.6 cm³/mol. The van der Waals surface area contributed by atoms with Crippen molar-refractivity contribution in [1.82, 2.24) is 9.88 Å². The van der Waals surface area contributed by atoms with Crippen LogP contribution in [0.5, 0.6) is 0 Å². The summed E-state index contributed by atoms with van der Waals surface area (Å²) in [7, 11) is 2.17. The molecule has 3 rings (SSSR count). The van der Waals surface area contributed by atoms with Gasteiger partial charge in [0.25, 0.3) is 0 Å². The molecule has 100 valence electrons. The Hall–Kier alpha value is -1.61. The second-order valence-corrected chi connectivity index (χ2v) is 5.50. The van der Waals surface area contributed by atoms with Gasteiger partial charge in [0.15, 0.2) is 0 Å². The molecular formula is C16H20N2O. The number of nitrogens with zero attached hydrogens (tertiary/aromatic N) is 2. The van der Waals surface area contributed by atoms with Crippen LogP contribution < -0.4 is 0 Å². The van der Waals surface area contributed by atoms with Crippen LogP contribution in [0.3, 0.4) is 0 Å². The van der Waals surface area contributed by atoms with E-state index in [1.807, 2.05) is 30.3 Å². The van der Waals surface area contributed by atoms with E-state index in [1.54, 1.807) is 6.26 Å². The highest BCUT2D eigenvalue weighted by molar-refractivity contribution is 5.52. The zero-order valence-corrected chi connectivity index (χ0v) is 11.5. The zero-order valence-electron chi connectivity index (χ0n) is 11.5. The van der Waals surface area contributed by atoms with Crippen LogP contribution >= 0.6 is 0 Å². The quantitative estimate of drug-likeness (QED) is 0.819.